The zero-order valence-corrected chi connectivity index (χ0v) is 12.4. The van der Waals surface area contributed by atoms with Gasteiger partial charge in [-0.15, -0.1) is 11.3 Å². The van der Waals surface area contributed by atoms with Gasteiger partial charge >= 0.3 is 5.97 Å². The molecule has 0 unspecified atom stereocenters. The number of rotatable bonds is 3. The average molecular weight is 291 g/mol. The Kier molecular flexibility index (Phi) is 3.67. The van der Waals surface area contributed by atoms with Gasteiger partial charge < -0.3 is 16.2 Å². The highest BCUT2D eigenvalue weighted by Gasteiger charge is 2.17. The Balaban J connectivity index is 2.20. The predicted octanol–water partition coefficient (Wildman–Crippen LogP) is 3.46. The molecule has 4 N–H and O–H groups in total. The molecule has 1 aromatic heterocycles. The zero-order valence-electron chi connectivity index (χ0n) is 11.6. The lowest BCUT2D eigenvalue weighted by atomic mass is 9.93. The van der Waals surface area contributed by atoms with Gasteiger partial charge in [-0.05, 0) is 18.2 Å². The molecule has 0 aliphatic carbocycles. The summed E-state index contributed by atoms with van der Waals surface area (Å²) in [6.07, 6.45) is 0. The van der Waals surface area contributed by atoms with Gasteiger partial charge in [-0.3, -0.25) is 0 Å². The molecule has 0 bridgehead atoms. The molecule has 0 radical (unpaired) electrons. The van der Waals surface area contributed by atoms with Crippen molar-refractivity contribution in [3.05, 3.63) is 34.8 Å². The molecule has 106 valence electrons. The van der Waals surface area contributed by atoms with E-state index < -0.39 is 5.97 Å². The topological polar surface area (TPSA) is 88.2 Å². The lowest BCUT2D eigenvalue weighted by molar-refractivity contribution is 0.0698. The summed E-state index contributed by atoms with van der Waals surface area (Å²) < 4.78 is 0. The maximum absolute atomic E-state index is 10.9. The molecule has 0 fully saturated rings. The molecule has 0 amide bonds. The number of hydrogen-bond donors (Lipinski definition) is 3. The van der Waals surface area contributed by atoms with Gasteiger partial charge in [0.2, 0.25) is 0 Å². The van der Waals surface area contributed by atoms with Gasteiger partial charge in [0.15, 0.2) is 5.13 Å². The fraction of sp³-hybridized carbons (Fsp3) is 0.286. The van der Waals surface area contributed by atoms with Gasteiger partial charge in [0.25, 0.3) is 0 Å². The Labute approximate surface area is 121 Å². The number of benzene rings is 1. The number of aromatic carboxylic acids is 1. The largest absolute Gasteiger partial charge is 0.478 e. The van der Waals surface area contributed by atoms with Gasteiger partial charge in [-0.2, -0.15) is 0 Å². The van der Waals surface area contributed by atoms with Crippen molar-refractivity contribution in [1.29, 1.82) is 0 Å². The summed E-state index contributed by atoms with van der Waals surface area (Å²) in [5.74, 6) is -1.03. The number of carboxylic acid groups (broad SMARTS) is 1. The van der Waals surface area contributed by atoms with Gasteiger partial charge in [-0.1, -0.05) is 20.8 Å². The molecule has 0 saturated carbocycles. The monoisotopic (exact) mass is 291 g/mol. The van der Waals surface area contributed by atoms with Crippen LogP contribution in [0.1, 0.15) is 36.8 Å². The van der Waals surface area contributed by atoms with Crippen LogP contribution >= 0.6 is 11.3 Å². The van der Waals surface area contributed by atoms with E-state index in [1.807, 2.05) is 5.38 Å². The summed E-state index contributed by atoms with van der Waals surface area (Å²) in [7, 11) is 0. The molecule has 0 aliphatic heterocycles. The number of nitrogens with zero attached hydrogens (tertiary/aromatic N) is 1. The van der Waals surface area contributed by atoms with E-state index in [4.69, 9.17) is 10.8 Å². The Bertz CT molecular complexity index is 644. The number of hydrogen-bond acceptors (Lipinski definition) is 5. The highest BCUT2D eigenvalue weighted by molar-refractivity contribution is 7.13. The first-order chi connectivity index (χ1) is 9.27. The molecule has 1 aromatic carbocycles. The van der Waals surface area contributed by atoms with E-state index in [2.05, 4.69) is 31.1 Å². The van der Waals surface area contributed by atoms with Gasteiger partial charge in [0, 0.05) is 22.2 Å². The minimum atomic E-state index is -1.03. The molecular formula is C14H17N3O2S. The number of aromatic nitrogens is 1. The molecular weight excluding hydrogens is 274 g/mol. The van der Waals surface area contributed by atoms with Crippen LogP contribution in [0.2, 0.25) is 0 Å². The fourth-order valence-corrected chi connectivity index (χ4v) is 2.59. The number of thiazole rings is 1. The lowest BCUT2D eigenvalue weighted by Gasteiger charge is -2.14. The summed E-state index contributed by atoms with van der Waals surface area (Å²) in [5.41, 5.74) is 7.79. The van der Waals surface area contributed by atoms with Crippen molar-refractivity contribution in [2.24, 2.45) is 0 Å². The van der Waals surface area contributed by atoms with Gasteiger partial charge in [0.1, 0.15) is 0 Å². The van der Waals surface area contributed by atoms with Crippen molar-refractivity contribution < 1.29 is 9.90 Å². The van der Waals surface area contributed by atoms with E-state index >= 15 is 0 Å². The van der Waals surface area contributed by atoms with Crippen LogP contribution in [-0.4, -0.2) is 16.1 Å². The van der Waals surface area contributed by atoms with Gasteiger partial charge in [-0.25, -0.2) is 9.78 Å². The first-order valence-corrected chi connectivity index (χ1v) is 7.01. The highest BCUT2D eigenvalue weighted by atomic mass is 32.1. The van der Waals surface area contributed by atoms with Crippen molar-refractivity contribution in [3.8, 4) is 0 Å². The first-order valence-electron chi connectivity index (χ1n) is 6.13. The molecule has 2 rings (SSSR count). The summed E-state index contributed by atoms with van der Waals surface area (Å²) in [6, 6.07) is 4.76. The van der Waals surface area contributed by atoms with E-state index in [0.29, 0.717) is 0 Å². The number of anilines is 3. The van der Waals surface area contributed by atoms with Crippen LogP contribution in [0, 0.1) is 0 Å². The smallest absolute Gasteiger partial charge is 0.337 e. The van der Waals surface area contributed by atoms with E-state index in [1.54, 1.807) is 12.1 Å². The normalized spacial score (nSPS) is 11.3. The molecule has 5 nitrogen and oxygen atoms in total. The summed E-state index contributed by atoms with van der Waals surface area (Å²) >= 11 is 1.51. The SMILES string of the molecule is CC(C)(C)c1csc(Nc2ccc(C(=O)O)c(N)c2)n1. The van der Waals surface area contributed by atoms with Crippen molar-refractivity contribution in [3.63, 3.8) is 0 Å². The first kappa shape index (κ1) is 14.3. The number of nitrogens with one attached hydrogen (secondary N) is 1. The standard InChI is InChI=1S/C14H17N3O2S/c1-14(2,3)11-7-20-13(17-11)16-8-4-5-9(12(18)19)10(15)6-8/h4-7H,15H2,1-3H3,(H,16,17)(H,18,19). The number of nitrogens with two attached hydrogens (primary N) is 1. The third-order valence-corrected chi connectivity index (χ3v) is 3.56. The predicted molar refractivity (Wildman–Crippen MR) is 81.9 cm³/mol. The second-order valence-corrected chi connectivity index (χ2v) is 6.38. The maximum Gasteiger partial charge on any atom is 0.337 e. The second kappa shape index (κ2) is 5.13. The van der Waals surface area contributed by atoms with Crippen LogP contribution in [0.4, 0.5) is 16.5 Å². The minimum Gasteiger partial charge on any atom is -0.478 e. The van der Waals surface area contributed by atoms with E-state index in [1.165, 1.54) is 17.4 Å². The Morgan fingerprint density at radius 1 is 1.40 bits per heavy atom. The Morgan fingerprint density at radius 2 is 2.10 bits per heavy atom. The second-order valence-electron chi connectivity index (χ2n) is 5.52. The highest BCUT2D eigenvalue weighted by Crippen LogP contribution is 2.29. The fourth-order valence-electron chi connectivity index (χ4n) is 1.63. The summed E-state index contributed by atoms with van der Waals surface area (Å²) in [4.78, 5) is 15.4. The van der Waals surface area contributed by atoms with Crippen LogP contribution in [0.15, 0.2) is 23.6 Å². The Morgan fingerprint density at radius 3 is 2.60 bits per heavy atom. The molecule has 0 atom stereocenters. The van der Waals surface area contributed by atoms with Crippen molar-refractivity contribution in [1.82, 2.24) is 4.98 Å². The minimum absolute atomic E-state index is 0.00260. The van der Waals surface area contributed by atoms with Crippen LogP contribution in [0.25, 0.3) is 0 Å². The number of carbonyl (C=O) groups is 1. The van der Waals surface area contributed by atoms with Crippen LogP contribution in [0.5, 0.6) is 0 Å². The van der Waals surface area contributed by atoms with Crippen molar-refractivity contribution in [2.45, 2.75) is 26.2 Å². The quantitative estimate of drug-likeness (QED) is 0.754. The van der Waals surface area contributed by atoms with Crippen molar-refractivity contribution >= 4 is 33.8 Å². The molecule has 20 heavy (non-hydrogen) atoms. The van der Waals surface area contributed by atoms with E-state index in [0.717, 1.165) is 16.5 Å². The summed E-state index contributed by atoms with van der Waals surface area (Å²) in [5, 5.41) is 14.8. The molecule has 1 heterocycles. The molecule has 0 saturated heterocycles. The third-order valence-electron chi connectivity index (χ3n) is 2.81. The zero-order chi connectivity index (χ0) is 14.9. The number of nitrogen functional groups attached to an aromatic ring is 1. The van der Waals surface area contributed by atoms with E-state index in [9.17, 15) is 4.79 Å². The van der Waals surface area contributed by atoms with Crippen molar-refractivity contribution in [2.75, 3.05) is 11.1 Å². The number of carboxylic acids is 1. The van der Waals surface area contributed by atoms with Crippen LogP contribution in [0.3, 0.4) is 0 Å². The Hall–Kier alpha value is -2.08. The average Bonchev–Trinajstić information content (AvgIpc) is 2.76. The molecule has 2 aromatic rings. The van der Waals surface area contributed by atoms with Crippen LogP contribution < -0.4 is 11.1 Å². The summed E-state index contributed by atoms with van der Waals surface area (Å²) in [6.45, 7) is 6.31. The molecule has 0 spiro atoms. The molecule has 0 aliphatic rings. The molecule has 6 heteroatoms. The lowest BCUT2D eigenvalue weighted by Crippen LogP contribution is -2.11. The maximum atomic E-state index is 10.9. The van der Waals surface area contributed by atoms with Gasteiger partial charge in [0.05, 0.1) is 11.3 Å². The van der Waals surface area contributed by atoms with Crippen LogP contribution in [-0.2, 0) is 5.41 Å². The van der Waals surface area contributed by atoms with E-state index in [-0.39, 0.29) is 16.7 Å². The third kappa shape index (κ3) is 3.08.